The number of hydrogen-bond acceptors (Lipinski definition) is 4. The molecule has 3 rings (SSSR count). The molecule has 2 heterocycles. The van der Waals surface area contributed by atoms with Crippen molar-refractivity contribution in [2.24, 2.45) is 4.99 Å². The van der Waals surface area contributed by atoms with Crippen molar-refractivity contribution in [3.63, 3.8) is 0 Å². The van der Waals surface area contributed by atoms with Gasteiger partial charge in [0.2, 0.25) is 0 Å². The van der Waals surface area contributed by atoms with Crippen LogP contribution in [0.1, 0.15) is 18.4 Å². The largest absolute Gasteiger partial charge is 0.507 e. The summed E-state index contributed by atoms with van der Waals surface area (Å²) in [6.45, 7) is 1.89. The monoisotopic (exact) mass is 287 g/mol. The second-order valence-corrected chi connectivity index (χ2v) is 5.40. The number of aromatic amines is 1. The van der Waals surface area contributed by atoms with E-state index in [9.17, 15) is 9.90 Å². The Hall–Kier alpha value is -2.50. The first-order chi connectivity index (χ1) is 9.99. The zero-order valence-electron chi connectivity index (χ0n) is 12.1. The SMILES string of the molecule is CC(c1c[nH]c2cccc(O)c12)C1OC(N(C)C)=NC1=O. The standard InChI is InChI=1S/C15H17N3O3/c1-8(13-14(20)17-15(21-13)18(2)3)9-7-16-10-5-4-6-11(19)12(9)10/h4-8,13,16,19H,1-3H3. The maximum Gasteiger partial charge on any atom is 0.295 e. The minimum Gasteiger partial charge on any atom is -0.507 e. The molecule has 1 aromatic carbocycles. The lowest BCUT2D eigenvalue weighted by Gasteiger charge is -2.19. The third kappa shape index (κ3) is 2.12. The molecule has 1 aliphatic heterocycles. The van der Waals surface area contributed by atoms with Crippen molar-refractivity contribution in [3.8, 4) is 5.75 Å². The number of amides is 1. The van der Waals surface area contributed by atoms with Crippen LogP contribution in [0.2, 0.25) is 0 Å². The van der Waals surface area contributed by atoms with E-state index in [2.05, 4.69) is 9.98 Å². The second kappa shape index (κ2) is 4.80. The molecule has 0 fully saturated rings. The van der Waals surface area contributed by atoms with E-state index >= 15 is 0 Å². The number of amidine groups is 1. The molecule has 2 unspecified atom stereocenters. The summed E-state index contributed by atoms with van der Waals surface area (Å²) in [7, 11) is 3.55. The van der Waals surface area contributed by atoms with Gasteiger partial charge in [0.05, 0.1) is 0 Å². The highest BCUT2D eigenvalue weighted by Gasteiger charge is 2.36. The minimum absolute atomic E-state index is 0.190. The Kier molecular flexibility index (Phi) is 3.08. The number of aromatic hydroxyl groups is 1. The van der Waals surface area contributed by atoms with Crippen LogP contribution in [0.25, 0.3) is 10.9 Å². The summed E-state index contributed by atoms with van der Waals surface area (Å²) >= 11 is 0. The Balaban J connectivity index is 1.96. The number of hydrogen-bond donors (Lipinski definition) is 2. The fraction of sp³-hybridized carbons (Fsp3) is 0.333. The third-order valence-electron chi connectivity index (χ3n) is 3.72. The van der Waals surface area contributed by atoms with Gasteiger partial charge in [0, 0.05) is 37.1 Å². The molecule has 0 aliphatic carbocycles. The van der Waals surface area contributed by atoms with Gasteiger partial charge in [-0.15, -0.1) is 0 Å². The summed E-state index contributed by atoms with van der Waals surface area (Å²) in [5, 5.41) is 10.8. The van der Waals surface area contributed by atoms with E-state index < -0.39 is 6.10 Å². The number of rotatable bonds is 2. The van der Waals surface area contributed by atoms with Crippen molar-refractivity contribution >= 4 is 22.8 Å². The number of nitrogens with zero attached hydrogens (tertiary/aromatic N) is 2. The number of carbonyl (C=O) groups excluding carboxylic acids is 1. The predicted molar refractivity (Wildman–Crippen MR) is 79.4 cm³/mol. The van der Waals surface area contributed by atoms with E-state index in [0.29, 0.717) is 6.02 Å². The van der Waals surface area contributed by atoms with Crippen LogP contribution in [-0.2, 0) is 9.53 Å². The molecule has 110 valence electrons. The zero-order valence-corrected chi connectivity index (χ0v) is 12.1. The third-order valence-corrected chi connectivity index (χ3v) is 3.72. The van der Waals surface area contributed by atoms with Crippen LogP contribution >= 0.6 is 0 Å². The topological polar surface area (TPSA) is 77.9 Å². The first kappa shape index (κ1) is 13.5. The number of aromatic nitrogens is 1. The number of aliphatic imine (C=N–C) groups is 1. The van der Waals surface area contributed by atoms with E-state index in [4.69, 9.17) is 4.74 Å². The molecule has 1 aliphatic rings. The maximum atomic E-state index is 12.0. The Morgan fingerprint density at radius 2 is 2.19 bits per heavy atom. The van der Waals surface area contributed by atoms with Gasteiger partial charge >= 0.3 is 0 Å². The van der Waals surface area contributed by atoms with E-state index in [-0.39, 0.29) is 17.6 Å². The molecule has 1 amide bonds. The number of fused-ring (bicyclic) bond motifs is 1. The van der Waals surface area contributed by atoms with Gasteiger partial charge in [0.1, 0.15) is 5.75 Å². The van der Waals surface area contributed by atoms with Gasteiger partial charge in [0.15, 0.2) is 6.10 Å². The number of nitrogens with one attached hydrogen (secondary N) is 1. The van der Waals surface area contributed by atoms with Crippen LogP contribution in [0, 0.1) is 0 Å². The number of H-pyrrole nitrogens is 1. The minimum atomic E-state index is -0.666. The van der Waals surface area contributed by atoms with Crippen LogP contribution < -0.4 is 0 Å². The first-order valence-electron chi connectivity index (χ1n) is 6.74. The average Bonchev–Trinajstić information content (AvgIpc) is 3.02. The molecule has 2 N–H and O–H groups in total. The molecular weight excluding hydrogens is 270 g/mol. The van der Waals surface area contributed by atoms with Crippen LogP contribution in [0.3, 0.4) is 0 Å². The maximum absolute atomic E-state index is 12.0. The van der Waals surface area contributed by atoms with Crippen molar-refractivity contribution < 1.29 is 14.6 Å². The number of benzene rings is 1. The molecule has 0 saturated carbocycles. The van der Waals surface area contributed by atoms with Crippen LogP contribution in [-0.4, -0.2) is 47.1 Å². The van der Waals surface area contributed by atoms with Crippen LogP contribution in [0.4, 0.5) is 0 Å². The lowest BCUT2D eigenvalue weighted by atomic mass is 9.94. The average molecular weight is 287 g/mol. The van der Waals surface area contributed by atoms with E-state index in [1.807, 2.05) is 13.0 Å². The van der Waals surface area contributed by atoms with E-state index in [1.165, 1.54) is 0 Å². The normalized spacial score (nSPS) is 19.5. The summed E-state index contributed by atoms with van der Waals surface area (Å²) in [5.41, 5.74) is 1.67. The summed E-state index contributed by atoms with van der Waals surface area (Å²) in [6.07, 6.45) is 1.14. The van der Waals surface area contributed by atoms with Crippen molar-refractivity contribution in [3.05, 3.63) is 30.0 Å². The lowest BCUT2D eigenvalue weighted by molar-refractivity contribution is -0.123. The summed E-state index contributed by atoms with van der Waals surface area (Å²) in [6, 6.07) is 5.60. The molecule has 6 nitrogen and oxygen atoms in total. The van der Waals surface area contributed by atoms with Gasteiger partial charge in [-0.2, -0.15) is 4.99 Å². The number of ether oxygens (including phenoxy) is 1. The molecule has 0 spiro atoms. The first-order valence-corrected chi connectivity index (χ1v) is 6.74. The molecule has 2 aromatic rings. The summed E-state index contributed by atoms with van der Waals surface area (Å²) in [4.78, 5) is 20.7. The molecule has 2 atom stereocenters. The summed E-state index contributed by atoms with van der Waals surface area (Å²) < 4.78 is 5.64. The highest BCUT2D eigenvalue weighted by Crippen LogP contribution is 2.35. The highest BCUT2D eigenvalue weighted by atomic mass is 16.5. The molecule has 0 radical (unpaired) electrons. The van der Waals surface area contributed by atoms with Crippen molar-refractivity contribution in [1.82, 2.24) is 9.88 Å². The molecule has 21 heavy (non-hydrogen) atoms. The lowest BCUT2D eigenvalue weighted by Crippen LogP contribution is -2.28. The molecular formula is C15H17N3O3. The van der Waals surface area contributed by atoms with Crippen molar-refractivity contribution in [2.45, 2.75) is 18.9 Å². The smallest absolute Gasteiger partial charge is 0.295 e. The fourth-order valence-electron chi connectivity index (χ4n) is 2.58. The Bertz CT molecular complexity index is 733. The Labute approximate surface area is 122 Å². The highest BCUT2D eigenvalue weighted by molar-refractivity contribution is 5.99. The quantitative estimate of drug-likeness (QED) is 0.883. The molecule has 6 heteroatoms. The molecule has 1 aromatic heterocycles. The number of carbonyl (C=O) groups is 1. The van der Waals surface area contributed by atoms with Gasteiger partial charge in [-0.1, -0.05) is 13.0 Å². The van der Waals surface area contributed by atoms with E-state index in [1.54, 1.807) is 37.3 Å². The number of phenols is 1. The number of phenolic OH excluding ortho intramolecular Hbond substituents is 1. The van der Waals surface area contributed by atoms with Gasteiger partial charge in [-0.05, 0) is 17.7 Å². The molecule has 0 bridgehead atoms. The molecule has 0 saturated heterocycles. The van der Waals surface area contributed by atoms with Crippen LogP contribution in [0.5, 0.6) is 5.75 Å². The second-order valence-electron chi connectivity index (χ2n) is 5.40. The Morgan fingerprint density at radius 3 is 2.86 bits per heavy atom. The zero-order chi connectivity index (χ0) is 15.1. The van der Waals surface area contributed by atoms with Crippen molar-refractivity contribution in [2.75, 3.05) is 14.1 Å². The predicted octanol–water partition coefficient (Wildman–Crippen LogP) is 1.82. The van der Waals surface area contributed by atoms with E-state index in [0.717, 1.165) is 16.5 Å². The van der Waals surface area contributed by atoms with Gasteiger partial charge in [-0.25, -0.2) is 0 Å². The summed E-state index contributed by atoms with van der Waals surface area (Å²) in [5.74, 6) is -0.327. The van der Waals surface area contributed by atoms with Gasteiger partial charge in [-0.3, -0.25) is 4.79 Å². The fourth-order valence-corrected chi connectivity index (χ4v) is 2.58. The van der Waals surface area contributed by atoms with Gasteiger partial charge < -0.3 is 19.7 Å². The van der Waals surface area contributed by atoms with Gasteiger partial charge in [0.25, 0.3) is 11.9 Å². The Morgan fingerprint density at radius 1 is 1.43 bits per heavy atom. The van der Waals surface area contributed by atoms with Crippen LogP contribution in [0.15, 0.2) is 29.4 Å². The van der Waals surface area contributed by atoms with Crippen molar-refractivity contribution in [1.29, 1.82) is 0 Å².